The van der Waals surface area contributed by atoms with Crippen molar-refractivity contribution >= 4 is 11.6 Å². The predicted octanol–water partition coefficient (Wildman–Crippen LogP) is 1.20. The molecule has 0 aliphatic rings. The summed E-state index contributed by atoms with van der Waals surface area (Å²) < 4.78 is 0. The molecule has 1 amide bonds. The van der Waals surface area contributed by atoms with Crippen molar-refractivity contribution < 1.29 is 9.72 Å². The van der Waals surface area contributed by atoms with Crippen LogP contribution in [-0.2, 0) is 0 Å². The zero-order chi connectivity index (χ0) is 13.8. The van der Waals surface area contributed by atoms with Crippen LogP contribution < -0.4 is 5.32 Å². The maximum absolute atomic E-state index is 11.9. The van der Waals surface area contributed by atoms with Crippen LogP contribution in [0.2, 0.25) is 0 Å². The fourth-order valence-electron chi connectivity index (χ4n) is 1.51. The van der Waals surface area contributed by atoms with Crippen molar-refractivity contribution in [3.05, 3.63) is 52.1 Å². The molecule has 2 N–H and O–H groups in total. The van der Waals surface area contributed by atoms with E-state index in [1.165, 1.54) is 30.6 Å². The molecule has 2 aromatic rings. The smallest absolute Gasteiger partial charge is 0.269 e. The molecule has 1 aromatic heterocycles. The van der Waals surface area contributed by atoms with E-state index in [4.69, 9.17) is 0 Å². The average Bonchev–Trinajstić information content (AvgIpc) is 2.92. The number of carbonyl (C=O) groups excluding carboxylic acids is 1. The van der Waals surface area contributed by atoms with Gasteiger partial charge in [-0.2, -0.15) is 5.10 Å². The summed E-state index contributed by atoms with van der Waals surface area (Å²) in [6.07, 6.45) is 1.35. The molecule has 0 aliphatic heterocycles. The minimum absolute atomic E-state index is 0.0557. The molecule has 1 heterocycles. The Kier molecular flexibility index (Phi) is 3.51. The van der Waals surface area contributed by atoms with Gasteiger partial charge < -0.3 is 5.32 Å². The number of non-ortho nitro benzene ring substituents is 1. The molecule has 2 rings (SSSR count). The molecule has 98 valence electrons. The van der Waals surface area contributed by atoms with Crippen LogP contribution in [0.1, 0.15) is 29.1 Å². The van der Waals surface area contributed by atoms with Gasteiger partial charge in [0.1, 0.15) is 12.2 Å². The number of aromatic nitrogens is 3. The molecule has 0 bridgehead atoms. The first-order valence-electron chi connectivity index (χ1n) is 5.48. The van der Waals surface area contributed by atoms with Crippen LogP contribution in [0, 0.1) is 10.1 Å². The molecule has 19 heavy (non-hydrogen) atoms. The van der Waals surface area contributed by atoms with Crippen molar-refractivity contribution in [3.8, 4) is 0 Å². The van der Waals surface area contributed by atoms with E-state index >= 15 is 0 Å². The molecule has 8 nitrogen and oxygen atoms in total. The summed E-state index contributed by atoms with van der Waals surface area (Å²) in [5.41, 5.74) is 0.289. The number of H-pyrrole nitrogens is 1. The number of rotatable bonds is 4. The van der Waals surface area contributed by atoms with Gasteiger partial charge >= 0.3 is 0 Å². The average molecular weight is 261 g/mol. The molecule has 1 aromatic carbocycles. The van der Waals surface area contributed by atoms with Gasteiger partial charge in [0.05, 0.1) is 11.0 Å². The zero-order valence-electron chi connectivity index (χ0n) is 10.0. The third-order valence-corrected chi connectivity index (χ3v) is 2.53. The highest BCUT2D eigenvalue weighted by Gasteiger charge is 2.14. The molecule has 1 unspecified atom stereocenters. The molecule has 1 atom stereocenters. The number of nitro benzene ring substituents is 1. The second kappa shape index (κ2) is 5.25. The number of aromatic amines is 1. The second-order valence-electron chi connectivity index (χ2n) is 3.87. The summed E-state index contributed by atoms with van der Waals surface area (Å²) in [5, 5.41) is 19.6. The monoisotopic (exact) mass is 261 g/mol. The summed E-state index contributed by atoms with van der Waals surface area (Å²) >= 11 is 0. The Bertz CT molecular complexity index is 579. The maximum atomic E-state index is 11.9. The lowest BCUT2D eigenvalue weighted by Gasteiger charge is -2.10. The molecule has 0 fully saturated rings. The van der Waals surface area contributed by atoms with E-state index in [0.29, 0.717) is 11.4 Å². The Morgan fingerprint density at radius 1 is 1.42 bits per heavy atom. The van der Waals surface area contributed by atoms with E-state index in [9.17, 15) is 14.9 Å². The minimum Gasteiger partial charge on any atom is -0.342 e. The van der Waals surface area contributed by atoms with Crippen LogP contribution in [0.25, 0.3) is 0 Å². The molecular formula is C11H11N5O3. The summed E-state index contributed by atoms with van der Waals surface area (Å²) in [6.45, 7) is 1.75. The lowest BCUT2D eigenvalue weighted by molar-refractivity contribution is -0.384. The molecule has 0 saturated heterocycles. The second-order valence-corrected chi connectivity index (χ2v) is 3.87. The number of hydrogen-bond acceptors (Lipinski definition) is 5. The quantitative estimate of drug-likeness (QED) is 0.634. The van der Waals surface area contributed by atoms with Gasteiger partial charge in [0, 0.05) is 17.7 Å². The van der Waals surface area contributed by atoms with Gasteiger partial charge in [-0.1, -0.05) is 0 Å². The Morgan fingerprint density at radius 2 is 2.11 bits per heavy atom. The van der Waals surface area contributed by atoms with Crippen molar-refractivity contribution in [2.45, 2.75) is 13.0 Å². The van der Waals surface area contributed by atoms with E-state index in [1.807, 2.05) is 0 Å². The zero-order valence-corrected chi connectivity index (χ0v) is 10.0. The maximum Gasteiger partial charge on any atom is 0.269 e. The van der Waals surface area contributed by atoms with Crippen molar-refractivity contribution in [2.75, 3.05) is 0 Å². The summed E-state index contributed by atoms with van der Waals surface area (Å²) in [4.78, 5) is 25.8. The minimum atomic E-state index is -0.515. The SMILES string of the molecule is CC(NC(=O)c1ccc([N+](=O)[O-])cc1)c1ncn[nH]1. The fraction of sp³-hybridized carbons (Fsp3) is 0.182. The van der Waals surface area contributed by atoms with Crippen molar-refractivity contribution in [1.82, 2.24) is 20.5 Å². The first kappa shape index (κ1) is 12.7. The van der Waals surface area contributed by atoms with Crippen molar-refractivity contribution in [2.24, 2.45) is 0 Å². The molecular weight excluding hydrogens is 250 g/mol. The molecule has 0 radical (unpaired) electrons. The lowest BCUT2D eigenvalue weighted by Crippen LogP contribution is -2.27. The number of amides is 1. The van der Waals surface area contributed by atoms with Crippen molar-refractivity contribution in [1.29, 1.82) is 0 Å². The van der Waals surface area contributed by atoms with Crippen LogP contribution in [0.4, 0.5) is 5.69 Å². The number of hydrogen-bond donors (Lipinski definition) is 2. The van der Waals surface area contributed by atoms with Crippen LogP contribution >= 0.6 is 0 Å². The van der Waals surface area contributed by atoms with Gasteiger partial charge in [0.15, 0.2) is 0 Å². The third kappa shape index (κ3) is 2.92. The first-order valence-corrected chi connectivity index (χ1v) is 5.48. The van der Waals surface area contributed by atoms with Gasteiger partial charge in [0.25, 0.3) is 11.6 Å². The van der Waals surface area contributed by atoms with Crippen LogP contribution in [-0.4, -0.2) is 26.0 Å². The standard InChI is InChI=1S/C11H11N5O3/c1-7(10-12-6-13-15-10)14-11(17)8-2-4-9(5-3-8)16(18)19/h2-7H,1H3,(H,14,17)(H,12,13,15). The highest BCUT2D eigenvalue weighted by atomic mass is 16.6. The fourth-order valence-corrected chi connectivity index (χ4v) is 1.51. The van der Waals surface area contributed by atoms with E-state index < -0.39 is 4.92 Å². The van der Waals surface area contributed by atoms with E-state index in [-0.39, 0.29) is 17.6 Å². The molecule has 0 aliphatic carbocycles. The van der Waals surface area contributed by atoms with Gasteiger partial charge in [-0.05, 0) is 19.1 Å². The topological polar surface area (TPSA) is 114 Å². The van der Waals surface area contributed by atoms with Gasteiger partial charge in [0.2, 0.25) is 0 Å². The summed E-state index contributed by atoms with van der Waals surface area (Å²) in [5.74, 6) is 0.203. The molecule has 0 saturated carbocycles. The van der Waals surface area contributed by atoms with E-state index in [1.54, 1.807) is 6.92 Å². The first-order chi connectivity index (χ1) is 9.08. The Balaban J connectivity index is 2.05. The molecule has 8 heteroatoms. The highest BCUT2D eigenvalue weighted by molar-refractivity contribution is 5.94. The summed E-state index contributed by atoms with van der Waals surface area (Å²) in [7, 11) is 0. The Morgan fingerprint density at radius 3 is 2.63 bits per heavy atom. The van der Waals surface area contributed by atoms with Crippen molar-refractivity contribution in [3.63, 3.8) is 0 Å². The predicted molar refractivity (Wildman–Crippen MR) is 65.4 cm³/mol. The van der Waals surface area contributed by atoms with Gasteiger partial charge in [-0.25, -0.2) is 4.98 Å². The van der Waals surface area contributed by atoms with E-state index in [0.717, 1.165) is 0 Å². The van der Waals surface area contributed by atoms with Gasteiger partial charge in [-0.15, -0.1) is 0 Å². The number of nitrogens with one attached hydrogen (secondary N) is 2. The van der Waals surface area contributed by atoms with Gasteiger partial charge in [-0.3, -0.25) is 20.0 Å². The van der Waals surface area contributed by atoms with Crippen LogP contribution in [0.5, 0.6) is 0 Å². The van der Waals surface area contributed by atoms with Crippen LogP contribution in [0.15, 0.2) is 30.6 Å². The van der Waals surface area contributed by atoms with E-state index in [2.05, 4.69) is 20.5 Å². The largest absolute Gasteiger partial charge is 0.342 e. The third-order valence-electron chi connectivity index (χ3n) is 2.53. The summed E-state index contributed by atoms with van der Waals surface area (Å²) in [6, 6.07) is 5.05. The number of benzene rings is 1. The lowest BCUT2D eigenvalue weighted by atomic mass is 10.2. The number of nitrogens with zero attached hydrogens (tertiary/aromatic N) is 3. The normalized spacial score (nSPS) is 11.8. The Labute approximate surface area is 108 Å². The van der Waals surface area contributed by atoms with Crippen LogP contribution in [0.3, 0.4) is 0 Å². The Hall–Kier alpha value is -2.77. The highest BCUT2D eigenvalue weighted by Crippen LogP contribution is 2.13. The number of nitro groups is 1. The number of carbonyl (C=O) groups is 1. The molecule has 0 spiro atoms.